The second-order valence-electron chi connectivity index (χ2n) is 7.68. The summed E-state index contributed by atoms with van der Waals surface area (Å²) >= 11 is 6.09. The number of carbonyl (C=O) groups excluding carboxylic acids is 1. The van der Waals surface area contributed by atoms with Gasteiger partial charge in [0.2, 0.25) is 0 Å². The monoisotopic (exact) mass is 459 g/mol. The second kappa shape index (κ2) is 8.52. The summed E-state index contributed by atoms with van der Waals surface area (Å²) in [6.45, 7) is 0. The maximum Gasteiger partial charge on any atom is 0.335 e. The zero-order valence-electron chi connectivity index (χ0n) is 17.4. The van der Waals surface area contributed by atoms with Gasteiger partial charge in [-0.2, -0.15) is 10.2 Å². The smallest absolute Gasteiger partial charge is 0.335 e. The summed E-state index contributed by atoms with van der Waals surface area (Å²) < 4.78 is 15.2. The Bertz CT molecular complexity index is 1330. The minimum Gasteiger partial charge on any atom is -0.350 e. The molecule has 8 heteroatoms. The molecule has 0 aliphatic carbocycles. The molecule has 2 amide bonds. The number of hydrogen-bond acceptors (Lipinski definition) is 3. The topological polar surface area (TPSA) is 76.5 Å². The SMILES string of the molecule is NC(=O)N1N=C(c2ccc(F)cc2)CC1c1cn(-c2ccccc2)nc1-c1ccc(Cl)cc1. The number of hydrogen-bond donors (Lipinski definition) is 1. The van der Waals surface area contributed by atoms with Gasteiger partial charge in [0.1, 0.15) is 5.82 Å². The lowest BCUT2D eigenvalue weighted by Crippen LogP contribution is -2.32. The Morgan fingerprint density at radius 3 is 2.30 bits per heavy atom. The van der Waals surface area contributed by atoms with Crippen molar-refractivity contribution in [1.29, 1.82) is 0 Å². The van der Waals surface area contributed by atoms with Gasteiger partial charge in [-0.15, -0.1) is 0 Å². The van der Waals surface area contributed by atoms with Crippen LogP contribution in [0.15, 0.2) is 90.2 Å². The number of nitrogens with two attached hydrogens (primary N) is 1. The molecule has 2 heterocycles. The van der Waals surface area contributed by atoms with Crippen molar-refractivity contribution in [1.82, 2.24) is 14.8 Å². The van der Waals surface area contributed by atoms with E-state index in [1.165, 1.54) is 17.1 Å². The third kappa shape index (κ3) is 4.10. The summed E-state index contributed by atoms with van der Waals surface area (Å²) in [7, 11) is 0. The van der Waals surface area contributed by atoms with Crippen LogP contribution >= 0.6 is 11.6 Å². The molecule has 164 valence electrons. The molecule has 0 spiro atoms. The molecule has 5 rings (SSSR count). The highest BCUT2D eigenvalue weighted by Crippen LogP contribution is 2.38. The Morgan fingerprint density at radius 1 is 0.970 bits per heavy atom. The largest absolute Gasteiger partial charge is 0.350 e. The molecule has 0 fully saturated rings. The predicted molar refractivity (Wildman–Crippen MR) is 126 cm³/mol. The van der Waals surface area contributed by atoms with E-state index in [-0.39, 0.29) is 5.82 Å². The van der Waals surface area contributed by atoms with Crippen LogP contribution in [-0.4, -0.2) is 26.5 Å². The number of hydrazone groups is 1. The van der Waals surface area contributed by atoms with Crippen molar-refractivity contribution < 1.29 is 9.18 Å². The van der Waals surface area contributed by atoms with E-state index in [2.05, 4.69) is 5.10 Å². The lowest BCUT2D eigenvalue weighted by Gasteiger charge is -2.19. The molecule has 1 aliphatic rings. The van der Waals surface area contributed by atoms with Gasteiger partial charge in [-0.25, -0.2) is 18.9 Å². The van der Waals surface area contributed by atoms with E-state index < -0.39 is 12.1 Å². The number of carbonyl (C=O) groups is 1. The standard InChI is InChI=1S/C25H19ClFN5O/c26-18-10-6-17(7-11-18)24-21(15-31(30-24)20-4-2-1-3-5-20)23-14-22(29-32(23)25(28)33)16-8-12-19(27)13-9-16/h1-13,15,23H,14H2,(H2,28,33). The van der Waals surface area contributed by atoms with Gasteiger partial charge in [0.25, 0.3) is 0 Å². The average molecular weight is 460 g/mol. The molecule has 2 N–H and O–H groups in total. The highest BCUT2D eigenvalue weighted by molar-refractivity contribution is 6.30. The summed E-state index contributed by atoms with van der Waals surface area (Å²) in [4.78, 5) is 12.3. The molecule has 6 nitrogen and oxygen atoms in total. The van der Waals surface area contributed by atoms with Crippen LogP contribution in [-0.2, 0) is 0 Å². The van der Waals surface area contributed by atoms with Crippen LogP contribution in [0.5, 0.6) is 0 Å². The van der Waals surface area contributed by atoms with Gasteiger partial charge in [-0.1, -0.05) is 54.1 Å². The van der Waals surface area contributed by atoms with Gasteiger partial charge >= 0.3 is 6.03 Å². The molecule has 0 bridgehead atoms. The van der Waals surface area contributed by atoms with Gasteiger partial charge in [0.05, 0.1) is 23.1 Å². The van der Waals surface area contributed by atoms with Crippen LogP contribution in [0.1, 0.15) is 23.6 Å². The highest BCUT2D eigenvalue weighted by Gasteiger charge is 2.35. The molecular formula is C25H19ClFN5O. The number of nitrogens with zero attached hydrogens (tertiary/aromatic N) is 4. The Morgan fingerprint density at radius 2 is 1.64 bits per heavy atom. The first-order valence-corrected chi connectivity index (χ1v) is 10.7. The van der Waals surface area contributed by atoms with E-state index in [9.17, 15) is 9.18 Å². The van der Waals surface area contributed by atoms with Crippen LogP contribution in [0.3, 0.4) is 0 Å². The summed E-state index contributed by atoms with van der Waals surface area (Å²) in [5, 5.41) is 11.2. The van der Waals surface area contributed by atoms with E-state index in [0.29, 0.717) is 22.8 Å². The van der Waals surface area contributed by atoms with E-state index >= 15 is 0 Å². The molecule has 4 aromatic rings. The number of aromatic nitrogens is 2. The molecule has 1 unspecified atom stereocenters. The van der Waals surface area contributed by atoms with Gasteiger partial charge in [-0.3, -0.25) is 0 Å². The Labute approximate surface area is 194 Å². The van der Waals surface area contributed by atoms with Gasteiger partial charge in [-0.05, 0) is 42.0 Å². The Kier molecular flexibility index (Phi) is 5.40. The van der Waals surface area contributed by atoms with E-state index in [1.807, 2.05) is 48.7 Å². The van der Waals surface area contributed by atoms with Gasteiger partial charge in [0.15, 0.2) is 0 Å². The highest BCUT2D eigenvalue weighted by atomic mass is 35.5. The first kappa shape index (κ1) is 20.9. The van der Waals surface area contributed by atoms with Crippen molar-refractivity contribution in [3.8, 4) is 16.9 Å². The number of para-hydroxylation sites is 1. The molecule has 0 radical (unpaired) electrons. The van der Waals surface area contributed by atoms with E-state index in [4.69, 9.17) is 22.4 Å². The Balaban J connectivity index is 1.61. The number of halogens is 2. The minimum atomic E-state index is -0.674. The lowest BCUT2D eigenvalue weighted by atomic mass is 9.96. The van der Waals surface area contributed by atoms with Gasteiger partial charge in [0, 0.05) is 28.8 Å². The minimum absolute atomic E-state index is 0.338. The maximum absolute atomic E-state index is 13.4. The van der Waals surface area contributed by atoms with Crippen LogP contribution in [0, 0.1) is 5.82 Å². The quantitative estimate of drug-likeness (QED) is 0.433. The molecule has 1 aliphatic heterocycles. The van der Waals surface area contributed by atoms with Crippen LogP contribution in [0.25, 0.3) is 16.9 Å². The fourth-order valence-corrected chi connectivity index (χ4v) is 4.07. The number of primary amides is 1. The summed E-state index contributed by atoms with van der Waals surface area (Å²) in [6, 6.07) is 21.9. The van der Waals surface area contributed by atoms with E-state index in [1.54, 1.807) is 28.9 Å². The molecule has 0 saturated heterocycles. The van der Waals surface area contributed by atoms with Crippen molar-refractivity contribution in [2.24, 2.45) is 10.8 Å². The fraction of sp³-hybridized carbons (Fsp3) is 0.0800. The fourth-order valence-electron chi connectivity index (χ4n) is 3.95. The normalized spacial score (nSPS) is 15.5. The zero-order valence-corrected chi connectivity index (χ0v) is 18.2. The van der Waals surface area contributed by atoms with E-state index in [0.717, 1.165) is 22.4 Å². The number of benzene rings is 3. The molecule has 1 aromatic heterocycles. The molecule has 33 heavy (non-hydrogen) atoms. The van der Waals surface area contributed by atoms with Crippen molar-refractivity contribution >= 4 is 23.3 Å². The van der Waals surface area contributed by atoms with Crippen molar-refractivity contribution in [3.63, 3.8) is 0 Å². The molecule has 0 saturated carbocycles. The number of urea groups is 1. The lowest BCUT2D eigenvalue weighted by molar-refractivity contribution is 0.196. The average Bonchev–Trinajstić information content (AvgIpc) is 3.46. The second-order valence-corrected chi connectivity index (χ2v) is 8.11. The predicted octanol–water partition coefficient (Wildman–Crippen LogP) is 5.56. The number of rotatable bonds is 4. The Hall–Kier alpha value is -3.97. The third-order valence-corrected chi connectivity index (χ3v) is 5.81. The van der Waals surface area contributed by atoms with Crippen LogP contribution < -0.4 is 5.73 Å². The molecule has 3 aromatic carbocycles. The molecular weight excluding hydrogens is 441 g/mol. The zero-order chi connectivity index (χ0) is 22.9. The van der Waals surface area contributed by atoms with Crippen molar-refractivity contribution in [3.05, 3.63) is 107 Å². The summed E-state index contributed by atoms with van der Waals surface area (Å²) in [6.07, 6.45) is 2.30. The van der Waals surface area contributed by atoms with Crippen LogP contribution in [0.4, 0.5) is 9.18 Å². The maximum atomic E-state index is 13.4. The van der Waals surface area contributed by atoms with Crippen LogP contribution in [0.2, 0.25) is 5.02 Å². The number of amides is 2. The molecule has 1 atom stereocenters. The van der Waals surface area contributed by atoms with Crippen molar-refractivity contribution in [2.45, 2.75) is 12.5 Å². The summed E-state index contributed by atoms with van der Waals surface area (Å²) in [5.74, 6) is -0.338. The van der Waals surface area contributed by atoms with Crippen molar-refractivity contribution in [2.75, 3.05) is 0 Å². The third-order valence-electron chi connectivity index (χ3n) is 5.55. The summed E-state index contributed by atoms with van der Waals surface area (Å²) in [5.41, 5.74) is 10.3. The first-order valence-electron chi connectivity index (χ1n) is 10.3. The van der Waals surface area contributed by atoms with Gasteiger partial charge < -0.3 is 5.73 Å². The first-order chi connectivity index (χ1) is 16.0.